The Morgan fingerprint density at radius 2 is 2.12 bits per heavy atom. The van der Waals surface area contributed by atoms with Crippen molar-refractivity contribution in [1.82, 2.24) is 0 Å². The van der Waals surface area contributed by atoms with Crippen LogP contribution in [-0.4, -0.2) is 18.6 Å². The first kappa shape index (κ1) is 18.7. The molecule has 1 N–H and O–H groups in total. The number of hydrogen-bond acceptors (Lipinski definition) is 3. The summed E-state index contributed by atoms with van der Waals surface area (Å²) in [6.45, 7) is 7.71. The van der Waals surface area contributed by atoms with Gasteiger partial charge in [-0.1, -0.05) is 18.2 Å². The van der Waals surface area contributed by atoms with Crippen molar-refractivity contribution < 1.29 is 18.7 Å². The first-order valence-corrected chi connectivity index (χ1v) is 8.01. The van der Waals surface area contributed by atoms with E-state index in [1.807, 2.05) is 13.0 Å². The Bertz CT molecular complexity index is 745. The first-order chi connectivity index (χ1) is 12.0. The Morgan fingerprint density at radius 3 is 2.80 bits per heavy atom. The van der Waals surface area contributed by atoms with Crippen molar-refractivity contribution in [2.45, 2.75) is 26.6 Å². The van der Waals surface area contributed by atoms with Crippen molar-refractivity contribution in [1.29, 1.82) is 0 Å². The molecule has 0 aliphatic rings. The van der Waals surface area contributed by atoms with Crippen LogP contribution in [0.15, 0.2) is 55.1 Å². The number of ether oxygens (including phenoxy) is 2. The van der Waals surface area contributed by atoms with Crippen molar-refractivity contribution in [3.63, 3.8) is 0 Å². The van der Waals surface area contributed by atoms with Crippen LogP contribution in [0, 0.1) is 12.7 Å². The molecular formula is C20H22FNO3. The van der Waals surface area contributed by atoms with Crippen LogP contribution in [0.5, 0.6) is 5.75 Å². The fourth-order valence-corrected chi connectivity index (χ4v) is 2.18. The Labute approximate surface area is 147 Å². The summed E-state index contributed by atoms with van der Waals surface area (Å²) >= 11 is 0. The van der Waals surface area contributed by atoms with E-state index in [9.17, 15) is 9.18 Å². The summed E-state index contributed by atoms with van der Waals surface area (Å²) in [7, 11) is 0. The van der Waals surface area contributed by atoms with Crippen molar-refractivity contribution in [3.05, 3.63) is 72.1 Å². The van der Waals surface area contributed by atoms with Gasteiger partial charge in [0.15, 0.2) is 0 Å². The Balaban J connectivity index is 1.95. The van der Waals surface area contributed by atoms with E-state index in [1.165, 1.54) is 12.1 Å². The van der Waals surface area contributed by atoms with Crippen LogP contribution < -0.4 is 10.1 Å². The second-order valence-corrected chi connectivity index (χ2v) is 5.65. The van der Waals surface area contributed by atoms with Crippen LogP contribution in [-0.2, 0) is 16.1 Å². The molecule has 2 rings (SSSR count). The summed E-state index contributed by atoms with van der Waals surface area (Å²) in [5, 5.41) is 2.82. The lowest BCUT2D eigenvalue weighted by Gasteiger charge is -2.15. The summed E-state index contributed by atoms with van der Waals surface area (Å²) in [5.74, 6) is 0.136. The maximum absolute atomic E-state index is 13.2. The average Bonchev–Trinajstić information content (AvgIpc) is 2.60. The second-order valence-electron chi connectivity index (χ2n) is 5.65. The van der Waals surface area contributed by atoms with Gasteiger partial charge in [0, 0.05) is 5.69 Å². The summed E-state index contributed by atoms with van der Waals surface area (Å²) in [5.41, 5.74) is 2.31. The van der Waals surface area contributed by atoms with E-state index >= 15 is 0 Å². The molecular weight excluding hydrogens is 321 g/mol. The van der Waals surface area contributed by atoms with Crippen LogP contribution in [0.1, 0.15) is 18.1 Å². The number of halogens is 1. The van der Waals surface area contributed by atoms with Crippen LogP contribution >= 0.6 is 0 Å². The predicted octanol–water partition coefficient (Wildman–Crippen LogP) is 4.24. The minimum atomic E-state index is -0.568. The van der Waals surface area contributed by atoms with Crippen LogP contribution in [0.4, 0.5) is 10.1 Å². The highest BCUT2D eigenvalue weighted by Gasteiger charge is 2.14. The third-order valence-corrected chi connectivity index (χ3v) is 3.58. The molecule has 5 heteroatoms. The zero-order valence-electron chi connectivity index (χ0n) is 14.4. The van der Waals surface area contributed by atoms with Crippen molar-refractivity contribution in [2.75, 3.05) is 11.9 Å². The number of amides is 1. The molecule has 0 aliphatic carbocycles. The largest absolute Gasteiger partial charge is 0.489 e. The Kier molecular flexibility index (Phi) is 6.71. The number of benzene rings is 2. The van der Waals surface area contributed by atoms with Crippen molar-refractivity contribution in [3.8, 4) is 5.75 Å². The highest BCUT2D eigenvalue weighted by Crippen LogP contribution is 2.22. The molecule has 1 unspecified atom stereocenters. The zero-order valence-corrected chi connectivity index (χ0v) is 14.4. The lowest BCUT2D eigenvalue weighted by Crippen LogP contribution is -2.28. The van der Waals surface area contributed by atoms with E-state index in [-0.39, 0.29) is 18.3 Å². The number of aryl methyl sites for hydroxylation is 1. The Hall–Kier alpha value is -2.66. The van der Waals surface area contributed by atoms with E-state index < -0.39 is 6.10 Å². The maximum atomic E-state index is 13.2. The third kappa shape index (κ3) is 5.72. The fourth-order valence-electron chi connectivity index (χ4n) is 2.18. The second kappa shape index (κ2) is 8.99. The van der Waals surface area contributed by atoms with Gasteiger partial charge in [0.25, 0.3) is 5.91 Å². The molecule has 0 saturated heterocycles. The molecule has 0 aromatic heterocycles. The monoisotopic (exact) mass is 343 g/mol. The first-order valence-electron chi connectivity index (χ1n) is 8.01. The highest BCUT2D eigenvalue weighted by molar-refractivity contribution is 5.94. The van der Waals surface area contributed by atoms with Gasteiger partial charge in [0.2, 0.25) is 0 Å². The molecule has 2 aromatic rings. The number of nitrogens with one attached hydrogen (secondary N) is 1. The van der Waals surface area contributed by atoms with Gasteiger partial charge in [0.1, 0.15) is 24.3 Å². The molecule has 0 fully saturated rings. The molecule has 1 amide bonds. The number of hydrogen-bond donors (Lipinski definition) is 1. The van der Waals surface area contributed by atoms with E-state index in [0.717, 1.165) is 11.1 Å². The van der Waals surface area contributed by atoms with Gasteiger partial charge >= 0.3 is 0 Å². The Morgan fingerprint density at radius 1 is 1.32 bits per heavy atom. The topological polar surface area (TPSA) is 47.6 Å². The van der Waals surface area contributed by atoms with Crippen molar-refractivity contribution >= 4 is 11.6 Å². The maximum Gasteiger partial charge on any atom is 0.253 e. The molecule has 25 heavy (non-hydrogen) atoms. The molecule has 4 nitrogen and oxygen atoms in total. The van der Waals surface area contributed by atoms with Gasteiger partial charge in [-0.2, -0.15) is 0 Å². The highest BCUT2D eigenvalue weighted by atomic mass is 19.1. The normalized spacial score (nSPS) is 11.6. The zero-order chi connectivity index (χ0) is 18.2. The fraction of sp³-hybridized carbons (Fsp3) is 0.250. The summed E-state index contributed by atoms with van der Waals surface area (Å²) in [4.78, 5) is 12.1. The van der Waals surface area contributed by atoms with E-state index in [4.69, 9.17) is 9.47 Å². The van der Waals surface area contributed by atoms with E-state index in [2.05, 4.69) is 11.9 Å². The van der Waals surface area contributed by atoms with E-state index in [1.54, 1.807) is 37.3 Å². The van der Waals surface area contributed by atoms with Gasteiger partial charge in [-0.15, -0.1) is 6.58 Å². The van der Waals surface area contributed by atoms with Gasteiger partial charge in [0.05, 0.1) is 6.61 Å². The van der Waals surface area contributed by atoms with Gasteiger partial charge in [-0.25, -0.2) is 4.39 Å². The minimum Gasteiger partial charge on any atom is -0.489 e. The number of carbonyl (C=O) groups is 1. The van der Waals surface area contributed by atoms with Crippen LogP contribution in [0.25, 0.3) is 0 Å². The lowest BCUT2D eigenvalue weighted by molar-refractivity contribution is -0.125. The minimum absolute atomic E-state index is 0.224. The van der Waals surface area contributed by atoms with Gasteiger partial charge < -0.3 is 14.8 Å². The number of rotatable bonds is 8. The molecule has 0 spiro atoms. The third-order valence-electron chi connectivity index (χ3n) is 3.58. The summed E-state index contributed by atoms with van der Waals surface area (Å²) < 4.78 is 24.1. The number of anilines is 1. The molecule has 2 aromatic carbocycles. The SMILES string of the molecule is C=CCOC(C)C(=O)Nc1ccc(OCc2cccc(F)c2)cc1C. The molecule has 132 valence electrons. The molecule has 1 atom stereocenters. The molecule has 0 radical (unpaired) electrons. The van der Waals surface area contributed by atoms with Crippen molar-refractivity contribution in [2.24, 2.45) is 0 Å². The van der Waals surface area contributed by atoms with E-state index in [0.29, 0.717) is 18.0 Å². The lowest BCUT2D eigenvalue weighted by atomic mass is 10.2. The summed E-state index contributed by atoms with van der Waals surface area (Å²) in [6.07, 6.45) is 1.03. The van der Waals surface area contributed by atoms with Gasteiger partial charge in [-0.3, -0.25) is 4.79 Å². The summed E-state index contributed by atoms with van der Waals surface area (Å²) in [6, 6.07) is 11.6. The predicted molar refractivity (Wildman–Crippen MR) is 96.2 cm³/mol. The molecule has 0 heterocycles. The molecule has 0 bridgehead atoms. The smallest absolute Gasteiger partial charge is 0.253 e. The average molecular weight is 343 g/mol. The number of carbonyl (C=O) groups excluding carboxylic acids is 1. The van der Waals surface area contributed by atoms with Gasteiger partial charge in [-0.05, 0) is 55.3 Å². The molecule has 0 saturated carbocycles. The van der Waals surface area contributed by atoms with Crippen LogP contribution in [0.3, 0.4) is 0 Å². The standard InChI is InChI=1S/C20H22FNO3/c1-4-10-24-15(3)20(23)22-19-9-8-18(11-14(19)2)25-13-16-6-5-7-17(21)12-16/h4-9,11-12,15H,1,10,13H2,2-3H3,(H,22,23). The van der Waals surface area contributed by atoms with Crippen LogP contribution in [0.2, 0.25) is 0 Å². The molecule has 0 aliphatic heterocycles. The quantitative estimate of drug-likeness (QED) is 0.729.